The van der Waals surface area contributed by atoms with Crippen LogP contribution in [0.25, 0.3) is 0 Å². The van der Waals surface area contributed by atoms with E-state index in [0.717, 1.165) is 5.69 Å². The SMILES string of the molecule is CC(C)CC1C(=O)NCCN1C(=O)Nc1nc(C2CC2)cs1. The fraction of sp³-hybridized carbons (Fsp3) is 0.667. The molecule has 2 fully saturated rings. The smallest absolute Gasteiger partial charge is 0.324 e. The third-order valence-corrected chi connectivity index (χ3v) is 4.79. The molecule has 3 amide bonds. The number of urea groups is 1. The highest BCUT2D eigenvalue weighted by molar-refractivity contribution is 7.13. The maximum Gasteiger partial charge on any atom is 0.324 e. The van der Waals surface area contributed by atoms with Crippen LogP contribution in [0.2, 0.25) is 0 Å². The van der Waals surface area contributed by atoms with Crippen LogP contribution in [0.4, 0.5) is 9.93 Å². The van der Waals surface area contributed by atoms with Crippen molar-refractivity contribution < 1.29 is 9.59 Å². The Kier molecular flexibility index (Phi) is 4.33. The minimum atomic E-state index is -0.392. The number of carbonyl (C=O) groups excluding carboxylic acids is 2. The Morgan fingerprint density at radius 3 is 3.00 bits per heavy atom. The van der Waals surface area contributed by atoms with E-state index in [-0.39, 0.29) is 11.9 Å². The van der Waals surface area contributed by atoms with E-state index < -0.39 is 6.04 Å². The van der Waals surface area contributed by atoms with Gasteiger partial charge < -0.3 is 10.2 Å². The molecule has 2 heterocycles. The van der Waals surface area contributed by atoms with E-state index >= 15 is 0 Å². The summed E-state index contributed by atoms with van der Waals surface area (Å²) in [4.78, 5) is 30.7. The predicted molar refractivity (Wildman–Crippen MR) is 86.1 cm³/mol. The van der Waals surface area contributed by atoms with Gasteiger partial charge in [0.25, 0.3) is 0 Å². The number of aromatic nitrogens is 1. The molecule has 22 heavy (non-hydrogen) atoms. The summed E-state index contributed by atoms with van der Waals surface area (Å²) in [6.45, 7) is 5.16. The topological polar surface area (TPSA) is 74.3 Å². The number of nitrogens with zero attached hydrogens (tertiary/aromatic N) is 2. The number of hydrogen-bond donors (Lipinski definition) is 2. The van der Waals surface area contributed by atoms with Gasteiger partial charge in [-0.15, -0.1) is 11.3 Å². The normalized spacial score (nSPS) is 21.9. The van der Waals surface area contributed by atoms with Gasteiger partial charge >= 0.3 is 6.03 Å². The van der Waals surface area contributed by atoms with Crippen molar-refractivity contribution in [3.63, 3.8) is 0 Å². The first-order chi connectivity index (χ1) is 10.5. The lowest BCUT2D eigenvalue weighted by molar-refractivity contribution is -0.128. The van der Waals surface area contributed by atoms with Gasteiger partial charge in [0.05, 0.1) is 5.69 Å². The van der Waals surface area contributed by atoms with Gasteiger partial charge in [-0.05, 0) is 25.2 Å². The lowest BCUT2D eigenvalue weighted by Gasteiger charge is -2.35. The van der Waals surface area contributed by atoms with Crippen molar-refractivity contribution in [2.45, 2.75) is 45.1 Å². The van der Waals surface area contributed by atoms with Crippen LogP contribution >= 0.6 is 11.3 Å². The Morgan fingerprint density at radius 2 is 2.32 bits per heavy atom. The summed E-state index contributed by atoms with van der Waals surface area (Å²) < 4.78 is 0. The number of thiazole rings is 1. The molecule has 2 N–H and O–H groups in total. The third kappa shape index (κ3) is 3.40. The molecule has 1 unspecified atom stereocenters. The van der Waals surface area contributed by atoms with E-state index in [4.69, 9.17) is 0 Å². The molecule has 3 rings (SSSR count). The molecule has 1 aromatic heterocycles. The molecule has 0 spiro atoms. The highest BCUT2D eigenvalue weighted by Gasteiger charge is 2.34. The monoisotopic (exact) mass is 322 g/mol. The summed E-state index contributed by atoms with van der Waals surface area (Å²) in [5.74, 6) is 0.870. The second-order valence-electron chi connectivity index (χ2n) is 6.41. The Labute approximate surface area is 134 Å². The minimum Gasteiger partial charge on any atom is -0.353 e. The molecular weight excluding hydrogens is 300 g/mol. The van der Waals surface area contributed by atoms with E-state index in [9.17, 15) is 9.59 Å². The minimum absolute atomic E-state index is 0.0621. The van der Waals surface area contributed by atoms with Gasteiger partial charge in [0.15, 0.2) is 5.13 Å². The van der Waals surface area contributed by atoms with Crippen molar-refractivity contribution in [2.75, 3.05) is 18.4 Å². The summed E-state index contributed by atoms with van der Waals surface area (Å²) in [5, 5.41) is 8.33. The van der Waals surface area contributed by atoms with Crippen LogP contribution in [0, 0.1) is 5.92 Å². The van der Waals surface area contributed by atoms with Gasteiger partial charge in [-0.1, -0.05) is 13.8 Å². The van der Waals surface area contributed by atoms with Crippen molar-refractivity contribution in [3.8, 4) is 0 Å². The van der Waals surface area contributed by atoms with Crippen molar-refractivity contribution in [3.05, 3.63) is 11.1 Å². The molecule has 120 valence electrons. The van der Waals surface area contributed by atoms with Crippen LogP contribution in [-0.2, 0) is 4.79 Å². The molecule has 1 saturated carbocycles. The lowest BCUT2D eigenvalue weighted by Crippen LogP contribution is -2.58. The van der Waals surface area contributed by atoms with Crippen LogP contribution in [0.15, 0.2) is 5.38 Å². The van der Waals surface area contributed by atoms with E-state index in [1.54, 1.807) is 4.90 Å². The number of anilines is 1. The van der Waals surface area contributed by atoms with Crippen molar-refractivity contribution in [1.29, 1.82) is 0 Å². The van der Waals surface area contributed by atoms with Gasteiger partial charge in [-0.2, -0.15) is 0 Å². The first-order valence-electron chi connectivity index (χ1n) is 7.85. The highest BCUT2D eigenvalue weighted by Crippen LogP contribution is 2.40. The second-order valence-corrected chi connectivity index (χ2v) is 7.27. The third-order valence-electron chi connectivity index (χ3n) is 4.02. The maximum absolute atomic E-state index is 12.5. The molecule has 6 nitrogen and oxygen atoms in total. The number of amides is 3. The van der Waals surface area contributed by atoms with Gasteiger partial charge in [0, 0.05) is 24.4 Å². The first kappa shape index (κ1) is 15.3. The Bertz CT molecular complexity index is 568. The fourth-order valence-corrected chi connectivity index (χ4v) is 3.49. The summed E-state index contributed by atoms with van der Waals surface area (Å²) in [6, 6.07) is -0.617. The van der Waals surface area contributed by atoms with Crippen LogP contribution < -0.4 is 10.6 Å². The van der Waals surface area contributed by atoms with Gasteiger partial charge in [-0.25, -0.2) is 9.78 Å². The van der Waals surface area contributed by atoms with E-state index in [2.05, 4.69) is 29.5 Å². The zero-order chi connectivity index (χ0) is 15.7. The molecule has 0 aromatic carbocycles. The Hall–Kier alpha value is -1.63. The van der Waals surface area contributed by atoms with E-state index in [0.29, 0.717) is 36.5 Å². The first-order valence-corrected chi connectivity index (χ1v) is 8.73. The van der Waals surface area contributed by atoms with Gasteiger partial charge in [-0.3, -0.25) is 10.1 Å². The maximum atomic E-state index is 12.5. The molecular formula is C15H22N4O2S. The zero-order valence-electron chi connectivity index (χ0n) is 13.0. The zero-order valence-corrected chi connectivity index (χ0v) is 13.8. The molecule has 1 atom stereocenters. The fourth-order valence-electron chi connectivity index (χ4n) is 2.71. The van der Waals surface area contributed by atoms with E-state index in [1.165, 1.54) is 24.2 Å². The molecule has 1 saturated heterocycles. The molecule has 0 bridgehead atoms. The Morgan fingerprint density at radius 1 is 1.55 bits per heavy atom. The number of nitrogens with one attached hydrogen (secondary N) is 2. The molecule has 0 radical (unpaired) electrons. The number of hydrogen-bond acceptors (Lipinski definition) is 4. The summed E-state index contributed by atoms with van der Waals surface area (Å²) in [5.41, 5.74) is 1.08. The quantitative estimate of drug-likeness (QED) is 0.894. The standard InChI is InChI=1S/C15H22N4O2S/c1-9(2)7-12-13(20)16-5-6-19(12)15(21)18-14-17-11(8-22-14)10-3-4-10/h8-10,12H,3-7H2,1-2H3,(H,16,20)(H,17,18,21). The lowest BCUT2D eigenvalue weighted by atomic mass is 10.0. The molecule has 2 aliphatic rings. The van der Waals surface area contributed by atoms with Crippen molar-refractivity contribution >= 4 is 28.4 Å². The van der Waals surface area contributed by atoms with Crippen molar-refractivity contribution in [2.24, 2.45) is 5.92 Å². The van der Waals surface area contributed by atoms with Crippen LogP contribution in [-0.4, -0.2) is 41.0 Å². The average Bonchev–Trinajstić information content (AvgIpc) is 3.21. The van der Waals surface area contributed by atoms with Gasteiger partial charge in [0.1, 0.15) is 6.04 Å². The number of piperazine rings is 1. The van der Waals surface area contributed by atoms with Crippen LogP contribution in [0.3, 0.4) is 0 Å². The average molecular weight is 322 g/mol. The predicted octanol–water partition coefficient (Wildman–Crippen LogP) is 2.40. The summed E-state index contributed by atoms with van der Waals surface area (Å²) in [6.07, 6.45) is 3.06. The number of rotatable bonds is 4. The van der Waals surface area contributed by atoms with E-state index in [1.807, 2.05) is 5.38 Å². The summed E-state index contributed by atoms with van der Waals surface area (Å²) >= 11 is 1.46. The highest BCUT2D eigenvalue weighted by atomic mass is 32.1. The van der Waals surface area contributed by atoms with Crippen molar-refractivity contribution in [1.82, 2.24) is 15.2 Å². The molecule has 1 aliphatic heterocycles. The van der Waals surface area contributed by atoms with Crippen LogP contribution in [0.5, 0.6) is 0 Å². The summed E-state index contributed by atoms with van der Waals surface area (Å²) in [7, 11) is 0. The Balaban J connectivity index is 1.66. The molecule has 1 aromatic rings. The number of carbonyl (C=O) groups is 2. The molecule has 1 aliphatic carbocycles. The molecule has 7 heteroatoms. The second kappa shape index (κ2) is 6.24. The van der Waals surface area contributed by atoms with Crippen LogP contribution in [0.1, 0.15) is 44.7 Å². The van der Waals surface area contributed by atoms with Gasteiger partial charge in [0.2, 0.25) is 5.91 Å². The largest absolute Gasteiger partial charge is 0.353 e.